The minimum atomic E-state index is 0.0192. The summed E-state index contributed by atoms with van der Waals surface area (Å²) in [4.78, 5) is 12.0. The predicted molar refractivity (Wildman–Crippen MR) is 78.7 cm³/mol. The van der Waals surface area contributed by atoms with Crippen LogP contribution in [0.25, 0.3) is 0 Å². The number of anilines is 1. The van der Waals surface area contributed by atoms with E-state index < -0.39 is 0 Å². The average Bonchev–Trinajstić information content (AvgIpc) is 2.42. The third-order valence-electron chi connectivity index (χ3n) is 3.57. The summed E-state index contributed by atoms with van der Waals surface area (Å²) in [7, 11) is 0. The van der Waals surface area contributed by atoms with Crippen molar-refractivity contribution in [3.63, 3.8) is 0 Å². The van der Waals surface area contributed by atoms with Crippen molar-refractivity contribution >= 4 is 27.5 Å². The fourth-order valence-corrected chi connectivity index (χ4v) is 2.93. The summed E-state index contributed by atoms with van der Waals surface area (Å²) in [5.41, 5.74) is 1.10. The van der Waals surface area contributed by atoms with Gasteiger partial charge in [0.1, 0.15) is 6.07 Å². The van der Waals surface area contributed by atoms with Crippen LogP contribution in [-0.2, 0) is 4.79 Å². The number of halogens is 1. The number of benzene rings is 1. The monoisotopic (exact) mass is 320 g/mol. The molecule has 1 aliphatic rings. The number of hydrogen-bond donors (Lipinski definition) is 1. The first-order valence-electron chi connectivity index (χ1n) is 6.68. The van der Waals surface area contributed by atoms with Crippen molar-refractivity contribution in [2.75, 3.05) is 5.32 Å². The Morgan fingerprint density at radius 2 is 2.11 bits per heavy atom. The van der Waals surface area contributed by atoms with Gasteiger partial charge in [0, 0.05) is 10.9 Å². The van der Waals surface area contributed by atoms with Crippen LogP contribution >= 0.6 is 15.9 Å². The van der Waals surface area contributed by atoms with Gasteiger partial charge in [-0.15, -0.1) is 0 Å². The summed E-state index contributed by atoms with van der Waals surface area (Å²) >= 11 is 3.32. The lowest BCUT2D eigenvalue weighted by Gasteiger charge is -2.20. The molecule has 19 heavy (non-hydrogen) atoms. The SMILES string of the molecule is N#Cc1cc(Br)ccc1NC(=O)CC1CCCCC1. The molecule has 0 heterocycles. The van der Waals surface area contributed by atoms with Crippen LogP contribution in [0, 0.1) is 17.2 Å². The molecule has 3 nitrogen and oxygen atoms in total. The Labute approximate surface area is 122 Å². The minimum Gasteiger partial charge on any atom is -0.325 e. The van der Waals surface area contributed by atoms with Crippen molar-refractivity contribution in [1.29, 1.82) is 5.26 Å². The summed E-state index contributed by atoms with van der Waals surface area (Å²) < 4.78 is 0.842. The van der Waals surface area contributed by atoms with E-state index in [1.807, 2.05) is 6.07 Å². The van der Waals surface area contributed by atoms with Gasteiger partial charge in [-0.2, -0.15) is 5.26 Å². The van der Waals surface area contributed by atoms with E-state index in [4.69, 9.17) is 5.26 Å². The fraction of sp³-hybridized carbons (Fsp3) is 0.467. The van der Waals surface area contributed by atoms with Gasteiger partial charge in [-0.25, -0.2) is 0 Å². The molecule has 0 aromatic heterocycles. The molecule has 100 valence electrons. The highest BCUT2D eigenvalue weighted by Crippen LogP contribution is 2.27. The molecule has 0 bridgehead atoms. The standard InChI is InChI=1S/C15H17BrN2O/c16-13-6-7-14(12(9-13)10-17)18-15(19)8-11-4-2-1-3-5-11/h6-7,9,11H,1-5,8H2,(H,18,19). The van der Waals surface area contributed by atoms with E-state index in [0.717, 1.165) is 17.3 Å². The van der Waals surface area contributed by atoms with Crippen LogP contribution in [0.3, 0.4) is 0 Å². The zero-order valence-electron chi connectivity index (χ0n) is 10.8. The minimum absolute atomic E-state index is 0.0192. The zero-order chi connectivity index (χ0) is 13.7. The van der Waals surface area contributed by atoms with Crippen LogP contribution in [0.2, 0.25) is 0 Å². The number of nitrogens with one attached hydrogen (secondary N) is 1. The van der Waals surface area contributed by atoms with Crippen molar-refractivity contribution in [3.05, 3.63) is 28.2 Å². The van der Waals surface area contributed by atoms with Crippen LogP contribution in [0.4, 0.5) is 5.69 Å². The second-order valence-corrected chi connectivity index (χ2v) is 5.97. The Kier molecular flexibility index (Phi) is 4.98. The van der Waals surface area contributed by atoms with E-state index in [2.05, 4.69) is 27.3 Å². The van der Waals surface area contributed by atoms with Gasteiger partial charge in [0.05, 0.1) is 11.3 Å². The molecular weight excluding hydrogens is 304 g/mol. The Balaban J connectivity index is 1.97. The summed E-state index contributed by atoms with van der Waals surface area (Å²) in [6.45, 7) is 0. The van der Waals surface area contributed by atoms with Crippen molar-refractivity contribution in [1.82, 2.24) is 0 Å². The molecule has 1 fully saturated rings. The molecular formula is C15H17BrN2O. The van der Waals surface area contributed by atoms with Crippen molar-refractivity contribution < 1.29 is 4.79 Å². The Bertz CT molecular complexity index is 501. The highest BCUT2D eigenvalue weighted by atomic mass is 79.9. The topological polar surface area (TPSA) is 52.9 Å². The molecule has 1 aromatic carbocycles. The maximum absolute atomic E-state index is 12.0. The molecule has 1 amide bonds. The molecule has 1 aliphatic carbocycles. The number of hydrogen-bond acceptors (Lipinski definition) is 2. The maximum atomic E-state index is 12.0. The highest BCUT2D eigenvalue weighted by Gasteiger charge is 2.17. The Morgan fingerprint density at radius 3 is 2.79 bits per heavy atom. The van der Waals surface area contributed by atoms with Crippen LogP contribution in [-0.4, -0.2) is 5.91 Å². The molecule has 1 saturated carbocycles. The van der Waals surface area contributed by atoms with Crippen LogP contribution in [0.15, 0.2) is 22.7 Å². The van der Waals surface area contributed by atoms with Crippen LogP contribution in [0.1, 0.15) is 44.1 Å². The first kappa shape index (κ1) is 14.1. The fourth-order valence-electron chi connectivity index (χ4n) is 2.57. The van der Waals surface area contributed by atoms with E-state index in [1.54, 1.807) is 12.1 Å². The molecule has 0 atom stereocenters. The lowest BCUT2D eigenvalue weighted by molar-refractivity contribution is -0.117. The first-order valence-corrected chi connectivity index (χ1v) is 7.48. The van der Waals surface area contributed by atoms with Gasteiger partial charge in [-0.1, -0.05) is 35.2 Å². The molecule has 0 aliphatic heterocycles. The normalized spacial score (nSPS) is 15.8. The van der Waals surface area contributed by atoms with E-state index in [9.17, 15) is 4.79 Å². The number of nitrogens with zero attached hydrogens (tertiary/aromatic N) is 1. The van der Waals surface area contributed by atoms with Gasteiger partial charge in [0.25, 0.3) is 0 Å². The van der Waals surface area contributed by atoms with Gasteiger partial charge < -0.3 is 5.32 Å². The van der Waals surface area contributed by atoms with E-state index in [0.29, 0.717) is 23.6 Å². The molecule has 0 radical (unpaired) electrons. The maximum Gasteiger partial charge on any atom is 0.224 e. The average molecular weight is 321 g/mol. The molecule has 0 unspecified atom stereocenters. The number of nitriles is 1. The van der Waals surface area contributed by atoms with E-state index in [1.165, 1.54) is 19.3 Å². The summed E-state index contributed by atoms with van der Waals surface area (Å²) in [5.74, 6) is 0.528. The predicted octanol–water partition coefficient (Wildman–Crippen LogP) is 4.23. The lowest BCUT2D eigenvalue weighted by atomic mass is 9.87. The van der Waals surface area contributed by atoms with Gasteiger partial charge in [0.15, 0.2) is 0 Å². The third kappa shape index (κ3) is 4.07. The van der Waals surface area contributed by atoms with Gasteiger partial charge in [-0.3, -0.25) is 4.79 Å². The summed E-state index contributed by atoms with van der Waals surface area (Å²) in [6, 6.07) is 7.41. The van der Waals surface area contributed by atoms with Crippen LogP contribution in [0.5, 0.6) is 0 Å². The summed E-state index contributed by atoms with van der Waals surface area (Å²) in [5, 5.41) is 11.9. The smallest absolute Gasteiger partial charge is 0.224 e. The van der Waals surface area contributed by atoms with E-state index >= 15 is 0 Å². The highest BCUT2D eigenvalue weighted by molar-refractivity contribution is 9.10. The van der Waals surface area contributed by atoms with Gasteiger partial charge in [0.2, 0.25) is 5.91 Å². The molecule has 0 saturated heterocycles. The first-order chi connectivity index (χ1) is 9.19. The second-order valence-electron chi connectivity index (χ2n) is 5.06. The largest absolute Gasteiger partial charge is 0.325 e. The summed E-state index contributed by atoms with van der Waals surface area (Å²) in [6.07, 6.45) is 6.64. The quantitative estimate of drug-likeness (QED) is 0.906. The molecule has 2 rings (SSSR count). The molecule has 1 aromatic rings. The van der Waals surface area contributed by atoms with Crippen molar-refractivity contribution in [2.24, 2.45) is 5.92 Å². The lowest BCUT2D eigenvalue weighted by Crippen LogP contribution is -2.18. The van der Waals surface area contributed by atoms with Gasteiger partial charge >= 0.3 is 0 Å². The Hall–Kier alpha value is -1.34. The second kappa shape index (κ2) is 6.72. The molecule has 0 spiro atoms. The number of amides is 1. The zero-order valence-corrected chi connectivity index (χ0v) is 12.4. The Morgan fingerprint density at radius 1 is 1.37 bits per heavy atom. The van der Waals surface area contributed by atoms with Crippen molar-refractivity contribution in [2.45, 2.75) is 38.5 Å². The third-order valence-corrected chi connectivity index (χ3v) is 4.07. The molecule has 4 heteroatoms. The van der Waals surface area contributed by atoms with E-state index in [-0.39, 0.29) is 5.91 Å². The number of carbonyl (C=O) groups is 1. The van der Waals surface area contributed by atoms with Crippen molar-refractivity contribution in [3.8, 4) is 6.07 Å². The van der Waals surface area contributed by atoms with Gasteiger partial charge in [-0.05, 0) is 37.0 Å². The number of carbonyl (C=O) groups excluding carboxylic acids is 1. The molecule has 1 N–H and O–H groups in total. The van der Waals surface area contributed by atoms with Crippen LogP contribution < -0.4 is 5.32 Å². The number of rotatable bonds is 3.